The monoisotopic (exact) mass is 607 g/mol. The number of esters is 1. The van der Waals surface area contributed by atoms with E-state index in [1.807, 2.05) is 19.1 Å². The Morgan fingerprint density at radius 1 is 0.870 bits per heavy atom. The summed E-state index contributed by atoms with van der Waals surface area (Å²) >= 11 is 0. The van der Waals surface area contributed by atoms with Crippen LogP contribution in [0, 0.1) is 50.1 Å². The fraction of sp³-hybridized carbons (Fsp3) is 0.200. The summed E-state index contributed by atoms with van der Waals surface area (Å²) in [5, 5.41) is 3.38. The van der Waals surface area contributed by atoms with Crippen LogP contribution in [-0.2, 0) is 32.8 Å². The van der Waals surface area contributed by atoms with Gasteiger partial charge in [-0.1, -0.05) is 78.7 Å². The van der Waals surface area contributed by atoms with E-state index in [1.54, 1.807) is 6.07 Å². The third kappa shape index (κ3) is 5.85. The quantitative estimate of drug-likeness (QED) is 0.116. The third-order valence-electron chi connectivity index (χ3n) is 8.19. The van der Waals surface area contributed by atoms with Gasteiger partial charge >= 0.3 is 5.97 Å². The molecular weight excluding hydrogens is 574 g/mol. The maximum absolute atomic E-state index is 13.2. The molecule has 6 heteroatoms. The third-order valence-corrected chi connectivity index (χ3v) is 8.19. The first-order valence-corrected chi connectivity index (χ1v) is 14.8. The molecule has 5 rings (SSSR count). The van der Waals surface area contributed by atoms with Gasteiger partial charge in [0, 0.05) is 18.4 Å². The lowest BCUT2D eigenvalue weighted by Gasteiger charge is -2.35. The van der Waals surface area contributed by atoms with Gasteiger partial charge in [0.05, 0.1) is 12.5 Å². The van der Waals surface area contributed by atoms with Crippen molar-refractivity contribution < 1.29 is 23.8 Å². The first-order valence-electron chi connectivity index (χ1n) is 14.8. The number of ether oxygens (including phenoxy) is 3. The van der Waals surface area contributed by atoms with Gasteiger partial charge in [0.1, 0.15) is 18.3 Å². The molecule has 0 saturated carbocycles. The van der Waals surface area contributed by atoms with Crippen LogP contribution in [0.4, 0.5) is 0 Å². The molecule has 0 bridgehead atoms. The molecule has 4 aromatic carbocycles. The predicted octanol–water partition coefficient (Wildman–Crippen LogP) is 6.21. The van der Waals surface area contributed by atoms with Crippen LogP contribution in [0.1, 0.15) is 61.8 Å². The van der Waals surface area contributed by atoms with Crippen LogP contribution in [0.5, 0.6) is 5.75 Å². The molecular formula is C40H33NO5. The Hall–Kier alpha value is -5.74. The standard InChI is InChI=1S/C40H33NO5/c1-6-8-9-10-19-46-38-18-15-32(23-35(38)39(43)44-5)40(31-14-13-29(24-41-7-2)30(22-31)25-45-26-42)36-20-27(3)11-16-33(36)34-17-12-28(4)21-37(34)40/h1,11-18,20-23,26,41H,7,24-25H2,2-5H3. The van der Waals surface area contributed by atoms with Crippen LogP contribution >= 0.6 is 0 Å². The number of benzene rings is 4. The molecule has 46 heavy (non-hydrogen) atoms. The van der Waals surface area contributed by atoms with Crippen LogP contribution < -0.4 is 10.1 Å². The maximum Gasteiger partial charge on any atom is 0.341 e. The molecule has 0 aliphatic heterocycles. The van der Waals surface area contributed by atoms with E-state index in [2.05, 4.69) is 104 Å². The lowest BCUT2D eigenvalue weighted by molar-refractivity contribution is -0.129. The van der Waals surface area contributed by atoms with Gasteiger partial charge in [0.2, 0.25) is 0 Å². The topological polar surface area (TPSA) is 73.9 Å². The first-order chi connectivity index (χ1) is 22.4. The number of terminal acetylenes is 1. The van der Waals surface area contributed by atoms with Gasteiger partial charge in [-0.2, -0.15) is 0 Å². The molecule has 0 amide bonds. The Morgan fingerprint density at radius 2 is 1.54 bits per heavy atom. The second-order valence-electron chi connectivity index (χ2n) is 10.9. The zero-order chi connectivity index (χ0) is 32.7. The second kappa shape index (κ2) is 13.9. The summed E-state index contributed by atoms with van der Waals surface area (Å²) in [6, 6.07) is 24.7. The fourth-order valence-electron chi connectivity index (χ4n) is 6.18. The van der Waals surface area contributed by atoms with Gasteiger partial charge in [-0.05, 0) is 88.9 Å². The van der Waals surface area contributed by atoms with E-state index in [0.29, 0.717) is 13.0 Å². The predicted molar refractivity (Wildman–Crippen MR) is 178 cm³/mol. The lowest BCUT2D eigenvalue weighted by Crippen LogP contribution is -2.30. The number of hydrogen-bond donors (Lipinski definition) is 1. The molecule has 228 valence electrons. The van der Waals surface area contributed by atoms with Crippen LogP contribution in [0.25, 0.3) is 11.1 Å². The Labute approximate surface area is 270 Å². The van der Waals surface area contributed by atoms with Crippen LogP contribution in [-0.4, -0.2) is 26.1 Å². The summed E-state index contributed by atoms with van der Waals surface area (Å²) in [4.78, 5) is 24.5. The summed E-state index contributed by atoms with van der Waals surface area (Å²) < 4.78 is 16.2. The Morgan fingerprint density at radius 3 is 2.17 bits per heavy atom. The van der Waals surface area contributed by atoms with Crippen molar-refractivity contribution in [1.82, 2.24) is 5.32 Å². The molecule has 0 saturated heterocycles. The number of rotatable bonds is 10. The minimum absolute atomic E-state index is 0.122. The Balaban J connectivity index is 1.85. The van der Waals surface area contributed by atoms with Crippen molar-refractivity contribution in [2.24, 2.45) is 0 Å². The average Bonchev–Trinajstić information content (AvgIpc) is 3.35. The number of carbonyl (C=O) groups is 2. The maximum atomic E-state index is 13.2. The van der Waals surface area contributed by atoms with Crippen molar-refractivity contribution in [3.05, 3.63) is 123 Å². The molecule has 0 atom stereocenters. The van der Waals surface area contributed by atoms with Crippen molar-refractivity contribution in [2.45, 2.75) is 39.3 Å². The number of methoxy groups -OCH3 is 1. The second-order valence-corrected chi connectivity index (χ2v) is 10.9. The minimum atomic E-state index is -0.847. The van der Waals surface area contributed by atoms with Crippen LogP contribution in [0.2, 0.25) is 0 Å². The van der Waals surface area contributed by atoms with E-state index in [4.69, 9.17) is 20.6 Å². The van der Waals surface area contributed by atoms with Crippen molar-refractivity contribution >= 4 is 12.4 Å². The number of carbonyl (C=O) groups excluding carboxylic acids is 2. The van der Waals surface area contributed by atoms with Crippen LogP contribution in [0.15, 0.2) is 72.8 Å². The van der Waals surface area contributed by atoms with Crippen molar-refractivity contribution in [2.75, 3.05) is 13.7 Å². The molecule has 0 heterocycles. The highest BCUT2D eigenvalue weighted by molar-refractivity contribution is 5.94. The van der Waals surface area contributed by atoms with Crippen molar-refractivity contribution in [1.29, 1.82) is 0 Å². The highest BCUT2D eigenvalue weighted by Gasteiger charge is 2.47. The molecule has 0 unspecified atom stereocenters. The molecule has 0 spiro atoms. The molecule has 0 aromatic heterocycles. The number of fused-ring (bicyclic) bond motifs is 3. The van der Waals surface area contributed by atoms with Crippen LogP contribution in [0.3, 0.4) is 0 Å². The van der Waals surface area contributed by atoms with Gasteiger partial charge < -0.3 is 19.5 Å². The summed E-state index contributed by atoms with van der Waals surface area (Å²) in [5.74, 6) is 9.29. The molecule has 4 aromatic rings. The zero-order valence-electron chi connectivity index (χ0n) is 26.2. The summed E-state index contributed by atoms with van der Waals surface area (Å²) in [5.41, 5.74) is 9.60. The van der Waals surface area contributed by atoms with Gasteiger partial charge in [-0.25, -0.2) is 4.79 Å². The zero-order valence-corrected chi connectivity index (χ0v) is 26.2. The highest BCUT2D eigenvalue weighted by atomic mass is 16.5. The van der Waals surface area contributed by atoms with E-state index in [-0.39, 0.29) is 17.9 Å². The Kier molecular flexibility index (Phi) is 9.58. The smallest absolute Gasteiger partial charge is 0.341 e. The highest BCUT2D eigenvalue weighted by Crippen LogP contribution is 2.57. The van der Waals surface area contributed by atoms with E-state index in [1.165, 1.54) is 7.11 Å². The molecule has 0 radical (unpaired) electrons. The number of nitrogens with one attached hydrogen (secondary N) is 1. The molecule has 6 nitrogen and oxygen atoms in total. The summed E-state index contributed by atoms with van der Waals surface area (Å²) in [7, 11) is 1.33. The molecule has 1 aliphatic rings. The number of aryl methyl sites for hydroxylation is 2. The SMILES string of the molecule is C#CC#CC#COc1ccc(C2(c3ccc(CNCC)c(COC=O)c3)c3cc(C)ccc3-c3ccc(C)cc32)cc1C(=O)OC. The van der Waals surface area contributed by atoms with Crippen molar-refractivity contribution in [3.63, 3.8) is 0 Å². The largest absolute Gasteiger partial charge is 0.465 e. The minimum Gasteiger partial charge on any atom is -0.465 e. The van der Waals surface area contributed by atoms with E-state index < -0.39 is 11.4 Å². The molecule has 1 N–H and O–H groups in total. The summed E-state index contributed by atoms with van der Waals surface area (Å²) in [6.45, 7) is 8.19. The summed E-state index contributed by atoms with van der Waals surface area (Å²) in [6.07, 6.45) is 7.68. The van der Waals surface area contributed by atoms with Gasteiger partial charge in [-0.15, -0.1) is 6.42 Å². The lowest BCUT2D eigenvalue weighted by atomic mass is 9.66. The average molecular weight is 608 g/mol. The Bertz CT molecular complexity index is 1940. The van der Waals surface area contributed by atoms with Gasteiger partial charge in [-0.3, -0.25) is 4.79 Å². The normalized spacial score (nSPS) is 11.8. The van der Waals surface area contributed by atoms with Gasteiger partial charge in [0.25, 0.3) is 6.47 Å². The fourth-order valence-corrected chi connectivity index (χ4v) is 6.18. The van der Waals surface area contributed by atoms with Gasteiger partial charge in [0.15, 0.2) is 5.75 Å². The van der Waals surface area contributed by atoms with E-state index in [9.17, 15) is 9.59 Å². The van der Waals surface area contributed by atoms with Crippen molar-refractivity contribution in [3.8, 4) is 53.1 Å². The first kappa shape index (κ1) is 31.7. The number of hydrogen-bond acceptors (Lipinski definition) is 6. The molecule has 1 aliphatic carbocycles. The molecule has 0 fully saturated rings. The van der Waals surface area contributed by atoms with E-state index >= 15 is 0 Å². The van der Waals surface area contributed by atoms with E-state index in [0.717, 1.165) is 62.2 Å².